The van der Waals surface area contributed by atoms with Gasteiger partial charge in [-0.1, -0.05) is 38.0 Å². The van der Waals surface area contributed by atoms with Crippen LogP contribution >= 0.6 is 0 Å². The third-order valence-electron chi connectivity index (χ3n) is 5.20. The lowest BCUT2D eigenvalue weighted by molar-refractivity contribution is -0.146. The lowest BCUT2D eigenvalue weighted by Crippen LogP contribution is -2.44. The van der Waals surface area contributed by atoms with Gasteiger partial charge in [0.05, 0.1) is 0 Å². The van der Waals surface area contributed by atoms with Gasteiger partial charge in [-0.05, 0) is 26.3 Å². The number of para-hydroxylation sites is 1. The summed E-state index contributed by atoms with van der Waals surface area (Å²) < 4.78 is 5.06. The quantitative estimate of drug-likeness (QED) is 0.403. The number of imide groups is 1. The third kappa shape index (κ3) is 4.01. The van der Waals surface area contributed by atoms with Crippen molar-refractivity contribution >= 4 is 34.6 Å². The second kappa shape index (κ2) is 8.06. The van der Waals surface area contributed by atoms with Gasteiger partial charge in [-0.3, -0.25) is 19.3 Å². The Hall–Kier alpha value is -3.16. The second-order valence-corrected chi connectivity index (χ2v) is 7.51. The molecule has 0 unspecified atom stereocenters. The Kier molecular flexibility index (Phi) is 5.72. The van der Waals surface area contributed by atoms with Crippen molar-refractivity contribution in [1.29, 1.82) is 0 Å². The van der Waals surface area contributed by atoms with Crippen LogP contribution < -0.4 is 5.32 Å². The molecule has 1 aromatic carbocycles. The van der Waals surface area contributed by atoms with E-state index in [-0.39, 0.29) is 5.78 Å². The van der Waals surface area contributed by atoms with Crippen LogP contribution in [0.1, 0.15) is 49.2 Å². The Morgan fingerprint density at radius 2 is 1.93 bits per heavy atom. The molecule has 1 saturated heterocycles. The van der Waals surface area contributed by atoms with Gasteiger partial charge in [0, 0.05) is 22.2 Å². The lowest BCUT2D eigenvalue weighted by Gasteiger charge is -2.21. The zero-order valence-corrected chi connectivity index (χ0v) is 16.8. The molecule has 3 amide bonds. The number of urea groups is 1. The topological polar surface area (TPSA) is 109 Å². The summed E-state index contributed by atoms with van der Waals surface area (Å²) in [5, 5.41) is 3.40. The number of H-pyrrole nitrogens is 1. The molecule has 0 saturated carbocycles. The van der Waals surface area contributed by atoms with E-state index in [9.17, 15) is 19.2 Å². The largest absolute Gasteiger partial charge is 0.456 e. The standard InChI is InChI=1S/C21H25N3O5/c1-4-5-10-21(3)19(27)24(20(28)23-21)11-17(26)29-12-16(25)18-13(2)22-15-9-7-6-8-14(15)18/h6-9,22H,4-5,10-12H2,1-3H3,(H,23,28)/t21-/m0/s1. The maximum absolute atomic E-state index is 12.6. The monoisotopic (exact) mass is 399 g/mol. The highest BCUT2D eigenvalue weighted by Gasteiger charge is 2.47. The van der Waals surface area contributed by atoms with E-state index in [1.165, 1.54) is 0 Å². The maximum atomic E-state index is 12.6. The van der Waals surface area contributed by atoms with Gasteiger partial charge in [0.2, 0.25) is 5.78 Å². The maximum Gasteiger partial charge on any atom is 0.326 e. The van der Waals surface area contributed by atoms with Gasteiger partial charge >= 0.3 is 12.0 Å². The van der Waals surface area contributed by atoms with E-state index in [2.05, 4.69) is 10.3 Å². The van der Waals surface area contributed by atoms with Crippen LogP contribution in [-0.4, -0.2) is 52.3 Å². The number of esters is 1. The van der Waals surface area contributed by atoms with E-state index in [4.69, 9.17) is 4.74 Å². The number of fused-ring (bicyclic) bond motifs is 1. The van der Waals surface area contributed by atoms with Gasteiger partial charge in [-0.25, -0.2) is 4.79 Å². The molecule has 0 spiro atoms. The summed E-state index contributed by atoms with van der Waals surface area (Å²) in [6.07, 6.45) is 2.16. The number of Topliss-reactive ketones (excluding diaryl/α,β-unsaturated/α-hetero) is 1. The van der Waals surface area contributed by atoms with Crippen molar-refractivity contribution in [3.05, 3.63) is 35.5 Å². The van der Waals surface area contributed by atoms with Crippen molar-refractivity contribution in [2.75, 3.05) is 13.2 Å². The van der Waals surface area contributed by atoms with Crippen LogP contribution in [0.15, 0.2) is 24.3 Å². The number of aryl methyl sites for hydroxylation is 1. The Balaban J connectivity index is 1.61. The highest BCUT2D eigenvalue weighted by Crippen LogP contribution is 2.24. The van der Waals surface area contributed by atoms with E-state index in [0.29, 0.717) is 17.7 Å². The number of carbonyl (C=O) groups excluding carboxylic acids is 4. The molecule has 0 bridgehead atoms. The number of hydrogen-bond acceptors (Lipinski definition) is 5. The number of carbonyl (C=O) groups is 4. The lowest BCUT2D eigenvalue weighted by atomic mass is 9.95. The number of ketones is 1. The fraction of sp³-hybridized carbons (Fsp3) is 0.429. The molecule has 2 heterocycles. The van der Waals surface area contributed by atoms with Gasteiger partial charge in [-0.15, -0.1) is 0 Å². The highest BCUT2D eigenvalue weighted by molar-refractivity contribution is 6.11. The van der Waals surface area contributed by atoms with Crippen molar-refractivity contribution in [3.63, 3.8) is 0 Å². The Labute approximate surface area is 168 Å². The molecule has 2 N–H and O–H groups in total. The number of nitrogens with one attached hydrogen (secondary N) is 2. The second-order valence-electron chi connectivity index (χ2n) is 7.51. The van der Waals surface area contributed by atoms with Crippen LogP contribution in [0.25, 0.3) is 10.9 Å². The molecule has 3 rings (SSSR count). The van der Waals surface area contributed by atoms with Crippen molar-refractivity contribution < 1.29 is 23.9 Å². The number of benzene rings is 1. The molecule has 1 aliphatic rings. The van der Waals surface area contributed by atoms with Crippen LogP contribution in [0.5, 0.6) is 0 Å². The minimum atomic E-state index is -1.01. The molecule has 0 aliphatic carbocycles. The molecule has 8 nitrogen and oxygen atoms in total. The molecule has 1 aromatic heterocycles. The average Bonchev–Trinajstić information content (AvgIpc) is 3.13. The first-order chi connectivity index (χ1) is 13.8. The van der Waals surface area contributed by atoms with Gasteiger partial charge in [0.25, 0.3) is 5.91 Å². The predicted octanol–water partition coefficient (Wildman–Crippen LogP) is 2.70. The first-order valence-corrected chi connectivity index (χ1v) is 9.67. The summed E-state index contributed by atoms with van der Waals surface area (Å²) >= 11 is 0. The van der Waals surface area contributed by atoms with E-state index in [1.54, 1.807) is 13.8 Å². The summed E-state index contributed by atoms with van der Waals surface area (Å²) in [6, 6.07) is 6.74. The van der Waals surface area contributed by atoms with E-state index < -0.39 is 36.6 Å². The van der Waals surface area contributed by atoms with Crippen LogP contribution in [0.3, 0.4) is 0 Å². The zero-order valence-electron chi connectivity index (χ0n) is 16.8. The SMILES string of the molecule is CCCC[C@]1(C)NC(=O)N(CC(=O)OCC(=O)c2c(C)[nH]c3ccccc23)C1=O. The number of ether oxygens (including phenoxy) is 1. The number of nitrogens with zero attached hydrogens (tertiary/aromatic N) is 1. The molecule has 8 heteroatoms. The van der Waals surface area contributed by atoms with Crippen LogP contribution in [0, 0.1) is 6.92 Å². The van der Waals surface area contributed by atoms with E-state index >= 15 is 0 Å². The molecule has 29 heavy (non-hydrogen) atoms. The summed E-state index contributed by atoms with van der Waals surface area (Å²) in [5.41, 5.74) is 0.971. The van der Waals surface area contributed by atoms with Crippen LogP contribution in [0.4, 0.5) is 4.79 Å². The minimum Gasteiger partial charge on any atom is -0.456 e. The van der Waals surface area contributed by atoms with Crippen molar-refractivity contribution in [2.24, 2.45) is 0 Å². The number of amides is 3. The molecule has 1 aliphatic heterocycles. The smallest absolute Gasteiger partial charge is 0.326 e. The molecular weight excluding hydrogens is 374 g/mol. The molecular formula is C21H25N3O5. The number of aromatic nitrogens is 1. The van der Waals surface area contributed by atoms with Crippen molar-refractivity contribution in [2.45, 2.75) is 45.6 Å². The number of rotatable bonds is 8. The van der Waals surface area contributed by atoms with Crippen molar-refractivity contribution in [3.8, 4) is 0 Å². The minimum absolute atomic E-state index is 0.349. The van der Waals surface area contributed by atoms with Crippen LogP contribution in [-0.2, 0) is 14.3 Å². The molecule has 154 valence electrons. The molecule has 1 atom stereocenters. The Morgan fingerprint density at radius 3 is 2.66 bits per heavy atom. The van der Waals surface area contributed by atoms with E-state index in [0.717, 1.165) is 28.6 Å². The highest BCUT2D eigenvalue weighted by atomic mass is 16.5. The van der Waals surface area contributed by atoms with Crippen molar-refractivity contribution in [1.82, 2.24) is 15.2 Å². The Morgan fingerprint density at radius 1 is 1.21 bits per heavy atom. The Bertz CT molecular complexity index is 980. The van der Waals surface area contributed by atoms with Gasteiger partial charge in [0.1, 0.15) is 12.1 Å². The molecule has 2 aromatic rings. The number of aromatic amines is 1. The first kappa shape index (κ1) is 20.6. The van der Waals surface area contributed by atoms with Crippen LogP contribution in [0.2, 0.25) is 0 Å². The zero-order chi connectivity index (χ0) is 21.2. The summed E-state index contributed by atoms with van der Waals surface area (Å²) in [5.74, 6) is -1.61. The van der Waals surface area contributed by atoms with E-state index in [1.807, 2.05) is 31.2 Å². The number of hydrogen-bond donors (Lipinski definition) is 2. The summed E-state index contributed by atoms with van der Waals surface area (Å²) in [7, 11) is 0. The van der Waals surface area contributed by atoms with Gasteiger partial charge in [0.15, 0.2) is 6.61 Å². The third-order valence-corrected chi connectivity index (χ3v) is 5.20. The normalized spacial score (nSPS) is 18.9. The number of unbranched alkanes of at least 4 members (excludes halogenated alkanes) is 1. The average molecular weight is 399 g/mol. The first-order valence-electron chi connectivity index (χ1n) is 9.67. The summed E-state index contributed by atoms with van der Waals surface area (Å²) in [4.78, 5) is 53.4. The van der Waals surface area contributed by atoms with Gasteiger partial charge < -0.3 is 15.0 Å². The fourth-order valence-corrected chi connectivity index (χ4v) is 3.62. The summed E-state index contributed by atoms with van der Waals surface area (Å²) in [6.45, 7) is 4.44. The molecule has 1 fully saturated rings. The molecule has 0 radical (unpaired) electrons. The predicted molar refractivity (Wildman–Crippen MR) is 106 cm³/mol. The van der Waals surface area contributed by atoms with Gasteiger partial charge in [-0.2, -0.15) is 0 Å². The fourth-order valence-electron chi connectivity index (χ4n) is 3.62.